The quantitative estimate of drug-likeness (QED) is 0.739. The highest BCUT2D eigenvalue weighted by atomic mass is 15.3. The summed E-state index contributed by atoms with van der Waals surface area (Å²) in [6, 6.07) is 9.93. The molecule has 112 valence electrons. The zero-order valence-corrected chi connectivity index (χ0v) is 13.1. The Morgan fingerprint density at radius 1 is 1.14 bits per heavy atom. The molecule has 0 bridgehead atoms. The third-order valence-corrected chi connectivity index (χ3v) is 3.93. The van der Waals surface area contributed by atoms with Gasteiger partial charge >= 0.3 is 0 Å². The Kier molecular flexibility index (Phi) is 3.71. The van der Waals surface area contributed by atoms with Gasteiger partial charge in [-0.1, -0.05) is 32.9 Å². The lowest BCUT2D eigenvalue weighted by molar-refractivity contribution is 0.471. The third-order valence-electron chi connectivity index (χ3n) is 3.93. The highest BCUT2D eigenvalue weighted by Gasteiger charge is 2.22. The van der Waals surface area contributed by atoms with E-state index in [9.17, 15) is 0 Å². The van der Waals surface area contributed by atoms with E-state index in [1.807, 2.05) is 41.2 Å². The van der Waals surface area contributed by atoms with Crippen molar-refractivity contribution >= 4 is 0 Å². The van der Waals surface area contributed by atoms with E-state index >= 15 is 0 Å². The SMILES string of the molecule is CCC(C)(C)c1ncnc(-c2cccc(-n3cccn3)c2)n1. The lowest BCUT2D eigenvalue weighted by Crippen LogP contribution is -2.20. The molecule has 2 heterocycles. The van der Waals surface area contributed by atoms with Crippen LogP contribution in [0.15, 0.2) is 49.1 Å². The van der Waals surface area contributed by atoms with Crippen molar-refractivity contribution in [2.24, 2.45) is 0 Å². The lowest BCUT2D eigenvalue weighted by Gasteiger charge is -2.20. The molecule has 0 aliphatic rings. The Hall–Kier alpha value is -2.56. The van der Waals surface area contributed by atoms with Crippen molar-refractivity contribution in [1.82, 2.24) is 24.7 Å². The van der Waals surface area contributed by atoms with E-state index in [0.717, 1.165) is 23.5 Å². The largest absolute Gasteiger partial charge is 0.241 e. The number of hydrogen-bond donors (Lipinski definition) is 0. The normalized spacial score (nSPS) is 11.6. The maximum atomic E-state index is 4.66. The van der Waals surface area contributed by atoms with Crippen LogP contribution in [0.3, 0.4) is 0 Å². The summed E-state index contributed by atoms with van der Waals surface area (Å²) >= 11 is 0. The molecule has 0 aliphatic carbocycles. The average Bonchev–Trinajstić information content (AvgIpc) is 3.10. The van der Waals surface area contributed by atoms with Crippen LogP contribution in [0.2, 0.25) is 0 Å². The van der Waals surface area contributed by atoms with Gasteiger partial charge in [0.1, 0.15) is 12.2 Å². The summed E-state index contributed by atoms with van der Waals surface area (Å²) in [6.45, 7) is 6.43. The minimum absolute atomic E-state index is 0.0583. The van der Waals surface area contributed by atoms with E-state index in [1.165, 1.54) is 0 Å². The van der Waals surface area contributed by atoms with Crippen molar-refractivity contribution in [2.75, 3.05) is 0 Å². The predicted molar refractivity (Wildman–Crippen MR) is 85.7 cm³/mol. The molecular formula is C17H19N5. The van der Waals surface area contributed by atoms with Gasteiger partial charge in [-0.15, -0.1) is 0 Å². The van der Waals surface area contributed by atoms with Gasteiger partial charge in [0.25, 0.3) is 0 Å². The standard InChI is InChI=1S/C17H19N5/c1-4-17(2,3)16-19-12-18-15(21-16)13-7-5-8-14(11-13)22-10-6-9-20-22/h5-12H,4H2,1-3H3. The first-order valence-electron chi connectivity index (χ1n) is 7.40. The summed E-state index contributed by atoms with van der Waals surface area (Å²) in [4.78, 5) is 13.3. The lowest BCUT2D eigenvalue weighted by atomic mass is 9.89. The fourth-order valence-electron chi connectivity index (χ4n) is 2.13. The van der Waals surface area contributed by atoms with Crippen LogP contribution in [-0.4, -0.2) is 24.7 Å². The third kappa shape index (κ3) is 2.74. The van der Waals surface area contributed by atoms with Crippen LogP contribution in [0, 0.1) is 0 Å². The number of aromatic nitrogens is 5. The van der Waals surface area contributed by atoms with Gasteiger partial charge in [-0.05, 0) is 24.6 Å². The minimum Gasteiger partial charge on any atom is -0.241 e. The summed E-state index contributed by atoms with van der Waals surface area (Å²) in [6.07, 6.45) is 6.25. The monoisotopic (exact) mass is 293 g/mol. The highest BCUT2D eigenvalue weighted by Crippen LogP contribution is 2.25. The first-order valence-corrected chi connectivity index (χ1v) is 7.40. The Bertz CT molecular complexity index is 762. The van der Waals surface area contributed by atoms with Crippen molar-refractivity contribution in [3.8, 4) is 17.1 Å². The summed E-state index contributed by atoms with van der Waals surface area (Å²) < 4.78 is 1.82. The molecule has 0 fully saturated rings. The number of rotatable bonds is 4. The fourth-order valence-corrected chi connectivity index (χ4v) is 2.13. The molecule has 3 aromatic rings. The number of nitrogens with zero attached hydrogens (tertiary/aromatic N) is 5. The van der Waals surface area contributed by atoms with E-state index in [2.05, 4.69) is 40.8 Å². The zero-order valence-electron chi connectivity index (χ0n) is 13.1. The van der Waals surface area contributed by atoms with Gasteiger partial charge in [0.05, 0.1) is 5.69 Å². The molecule has 0 aliphatic heterocycles. The second-order valence-electron chi connectivity index (χ2n) is 5.87. The molecule has 5 nitrogen and oxygen atoms in total. The average molecular weight is 293 g/mol. The second-order valence-corrected chi connectivity index (χ2v) is 5.87. The predicted octanol–water partition coefficient (Wildman–Crippen LogP) is 3.41. The smallest absolute Gasteiger partial charge is 0.163 e. The first kappa shape index (κ1) is 14.4. The van der Waals surface area contributed by atoms with Crippen molar-refractivity contribution in [3.63, 3.8) is 0 Å². The van der Waals surface area contributed by atoms with Crippen LogP contribution >= 0.6 is 0 Å². The van der Waals surface area contributed by atoms with E-state index in [0.29, 0.717) is 5.82 Å². The Morgan fingerprint density at radius 3 is 2.73 bits per heavy atom. The molecular weight excluding hydrogens is 274 g/mol. The van der Waals surface area contributed by atoms with Crippen LogP contribution < -0.4 is 0 Å². The Labute approximate surface area is 130 Å². The van der Waals surface area contributed by atoms with Gasteiger partial charge in [0.15, 0.2) is 5.82 Å². The Balaban J connectivity index is 2.02. The van der Waals surface area contributed by atoms with E-state index < -0.39 is 0 Å². The summed E-state index contributed by atoms with van der Waals surface area (Å²) in [5.74, 6) is 1.52. The molecule has 0 saturated carbocycles. The van der Waals surface area contributed by atoms with E-state index in [4.69, 9.17) is 0 Å². The van der Waals surface area contributed by atoms with Crippen LogP contribution in [0.1, 0.15) is 33.0 Å². The van der Waals surface area contributed by atoms with Gasteiger partial charge < -0.3 is 0 Å². The van der Waals surface area contributed by atoms with Crippen molar-refractivity contribution in [2.45, 2.75) is 32.6 Å². The van der Waals surface area contributed by atoms with Crippen molar-refractivity contribution in [1.29, 1.82) is 0 Å². The summed E-state index contributed by atoms with van der Waals surface area (Å²) in [5.41, 5.74) is 1.89. The van der Waals surface area contributed by atoms with E-state index in [1.54, 1.807) is 12.5 Å². The van der Waals surface area contributed by atoms with Crippen molar-refractivity contribution in [3.05, 3.63) is 54.9 Å². The summed E-state index contributed by atoms with van der Waals surface area (Å²) in [5, 5.41) is 4.25. The van der Waals surface area contributed by atoms with Crippen molar-refractivity contribution < 1.29 is 0 Å². The van der Waals surface area contributed by atoms with Crippen LogP contribution in [0.5, 0.6) is 0 Å². The topological polar surface area (TPSA) is 56.5 Å². The van der Waals surface area contributed by atoms with Gasteiger partial charge in [-0.3, -0.25) is 0 Å². The van der Waals surface area contributed by atoms with Crippen LogP contribution in [-0.2, 0) is 5.41 Å². The maximum absolute atomic E-state index is 4.66. The molecule has 0 saturated heterocycles. The van der Waals surface area contributed by atoms with Gasteiger partial charge in [0.2, 0.25) is 0 Å². The Morgan fingerprint density at radius 2 is 2.00 bits per heavy atom. The molecule has 22 heavy (non-hydrogen) atoms. The molecule has 0 radical (unpaired) electrons. The molecule has 0 atom stereocenters. The van der Waals surface area contributed by atoms with Gasteiger partial charge in [0, 0.05) is 23.4 Å². The molecule has 1 aromatic carbocycles. The van der Waals surface area contributed by atoms with Crippen LogP contribution in [0.4, 0.5) is 0 Å². The molecule has 0 N–H and O–H groups in total. The molecule has 3 rings (SSSR count). The fraction of sp³-hybridized carbons (Fsp3) is 0.294. The zero-order chi connectivity index (χ0) is 15.6. The highest BCUT2D eigenvalue weighted by molar-refractivity contribution is 5.58. The number of benzene rings is 1. The molecule has 0 spiro atoms. The van der Waals surface area contributed by atoms with Gasteiger partial charge in [-0.25, -0.2) is 19.6 Å². The summed E-state index contributed by atoms with van der Waals surface area (Å²) in [7, 11) is 0. The maximum Gasteiger partial charge on any atom is 0.163 e. The minimum atomic E-state index is -0.0583. The first-order chi connectivity index (χ1) is 10.6. The molecule has 0 unspecified atom stereocenters. The van der Waals surface area contributed by atoms with E-state index in [-0.39, 0.29) is 5.41 Å². The second kappa shape index (κ2) is 5.67. The van der Waals surface area contributed by atoms with Gasteiger partial charge in [-0.2, -0.15) is 5.10 Å². The molecule has 2 aromatic heterocycles. The molecule has 0 amide bonds. The van der Waals surface area contributed by atoms with Crippen LogP contribution in [0.25, 0.3) is 17.1 Å². The number of hydrogen-bond acceptors (Lipinski definition) is 4. The molecule has 5 heteroatoms.